The van der Waals surface area contributed by atoms with Crippen LogP contribution in [-0.2, 0) is 21.6 Å². The minimum Gasteiger partial charge on any atom is -0.355 e. The molecule has 200 valence electrons. The number of hydrogen-bond donors (Lipinski definition) is 2. The zero-order valence-electron chi connectivity index (χ0n) is 19.9. The Hall–Kier alpha value is -3.38. The molecule has 0 unspecified atom stereocenters. The molecule has 0 spiro atoms. The van der Waals surface area contributed by atoms with Gasteiger partial charge in [0.25, 0.3) is 21.9 Å². The van der Waals surface area contributed by atoms with E-state index in [-0.39, 0.29) is 11.3 Å². The quantitative estimate of drug-likeness (QED) is 0.556. The van der Waals surface area contributed by atoms with Crippen LogP contribution in [0.1, 0.15) is 60.8 Å². The number of nitrogens with one attached hydrogen (secondary N) is 1. The maximum absolute atomic E-state index is 14.0. The van der Waals surface area contributed by atoms with E-state index < -0.39 is 87.0 Å². The highest BCUT2D eigenvalue weighted by atomic mass is 32.2. The van der Waals surface area contributed by atoms with Crippen LogP contribution < -0.4 is 15.4 Å². The van der Waals surface area contributed by atoms with Crippen molar-refractivity contribution in [1.82, 2.24) is 9.97 Å². The van der Waals surface area contributed by atoms with Crippen LogP contribution >= 0.6 is 0 Å². The highest BCUT2D eigenvalue weighted by molar-refractivity contribution is 7.89. The zero-order valence-corrected chi connectivity index (χ0v) is 20.8. The van der Waals surface area contributed by atoms with Gasteiger partial charge in [0, 0.05) is 43.9 Å². The van der Waals surface area contributed by atoms with Crippen LogP contribution in [-0.4, -0.2) is 43.3 Å². The number of carbonyl (C=O) groups is 1. The molecule has 0 radical (unpaired) electrons. The smallest absolute Gasteiger partial charge is 0.355 e. The monoisotopic (exact) mass is 546 g/mol. The molecule has 2 aromatic heterocycles. The number of alkyl halides is 5. The molecule has 0 aromatic carbocycles. The van der Waals surface area contributed by atoms with Crippen LogP contribution in [0.3, 0.4) is 0 Å². The second-order valence-electron chi connectivity index (χ2n) is 9.49. The van der Waals surface area contributed by atoms with Gasteiger partial charge in [0.1, 0.15) is 11.9 Å². The third-order valence-electron chi connectivity index (χ3n) is 5.61. The second-order valence-corrected chi connectivity index (χ2v) is 11.0. The number of nitrogens with two attached hydrogens (primary N) is 1. The highest BCUT2D eigenvalue weighted by Gasteiger charge is 2.44. The lowest BCUT2D eigenvalue weighted by Crippen LogP contribution is -2.41. The third kappa shape index (κ3) is 6.13. The minimum absolute atomic E-state index is 0.113. The minimum atomic E-state index is -5.08. The van der Waals surface area contributed by atoms with Gasteiger partial charge in [-0.05, 0) is 17.0 Å². The van der Waals surface area contributed by atoms with Crippen molar-refractivity contribution >= 4 is 27.4 Å². The number of halogens is 5. The molecule has 0 bridgehead atoms. The van der Waals surface area contributed by atoms with Crippen molar-refractivity contribution in [2.45, 2.75) is 56.2 Å². The van der Waals surface area contributed by atoms with Gasteiger partial charge in [-0.3, -0.25) is 4.79 Å². The number of aromatic nitrogens is 2. The zero-order chi connectivity index (χ0) is 28.0. The molecule has 3 heterocycles. The Morgan fingerprint density at radius 2 is 1.81 bits per heavy atom. The molecule has 0 atom stereocenters. The first-order valence-electron chi connectivity index (χ1n) is 10.8. The molecule has 3 rings (SSSR count). The van der Waals surface area contributed by atoms with Crippen molar-refractivity contribution in [3.63, 3.8) is 0 Å². The molecular formula is C22H23F5N6O3S. The van der Waals surface area contributed by atoms with Crippen molar-refractivity contribution in [3.05, 3.63) is 40.7 Å². The summed E-state index contributed by atoms with van der Waals surface area (Å²) in [5, 5.41) is 16.6. The summed E-state index contributed by atoms with van der Waals surface area (Å²) in [7, 11) is -4.25. The lowest BCUT2D eigenvalue weighted by molar-refractivity contribution is -0.141. The molecule has 1 aliphatic heterocycles. The first kappa shape index (κ1) is 28.2. The van der Waals surface area contributed by atoms with Gasteiger partial charge in [-0.2, -0.15) is 18.4 Å². The average molecular weight is 547 g/mol. The highest BCUT2D eigenvalue weighted by Crippen LogP contribution is 2.42. The van der Waals surface area contributed by atoms with Gasteiger partial charge in [-0.15, -0.1) is 0 Å². The van der Waals surface area contributed by atoms with Gasteiger partial charge in [-0.25, -0.2) is 32.3 Å². The maximum atomic E-state index is 14.0. The van der Waals surface area contributed by atoms with E-state index >= 15 is 0 Å². The number of sulfonamides is 1. The lowest BCUT2D eigenvalue weighted by Gasteiger charge is -2.36. The van der Waals surface area contributed by atoms with E-state index in [9.17, 15) is 40.4 Å². The molecule has 15 heteroatoms. The van der Waals surface area contributed by atoms with Gasteiger partial charge in [0.05, 0.1) is 11.1 Å². The Labute approximate surface area is 209 Å². The fourth-order valence-corrected chi connectivity index (χ4v) is 4.46. The van der Waals surface area contributed by atoms with Crippen molar-refractivity contribution in [1.29, 1.82) is 5.26 Å². The van der Waals surface area contributed by atoms with E-state index in [0.29, 0.717) is 0 Å². The van der Waals surface area contributed by atoms with Gasteiger partial charge in [0.2, 0.25) is 0 Å². The van der Waals surface area contributed by atoms with E-state index in [0.717, 1.165) is 17.2 Å². The van der Waals surface area contributed by atoms with E-state index in [1.807, 2.05) is 0 Å². The predicted octanol–water partition coefficient (Wildman–Crippen LogP) is 3.80. The van der Waals surface area contributed by atoms with Crippen molar-refractivity contribution in [3.8, 4) is 6.07 Å². The largest absolute Gasteiger partial charge is 0.434 e. The Balaban J connectivity index is 2.28. The number of carbonyl (C=O) groups excluding carboxylic acids is 1. The van der Waals surface area contributed by atoms with E-state index in [2.05, 4.69) is 15.3 Å². The van der Waals surface area contributed by atoms with E-state index in [1.165, 1.54) is 32.9 Å². The SMILES string of the molecule is CC(C)(C)c1c(C#N)c(C(F)(F)F)nc(N2CCC(F)(F)CC2)c1C(=O)Nc1ccnc(S(N)(=O)=O)c1. The summed E-state index contributed by atoms with van der Waals surface area (Å²) < 4.78 is 92.8. The number of amides is 1. The van der Waals surface area contributed by atoms with Crippen LogP contribution in [0.5, 0.6) is 0 Å². The summed E-state index contributed by atoms with van der Waals surface area (Å²) in [4.78, 5) is 21.9. The van der Waals surface area contributed by atoms with Gasteiger partial charge < -0.3 is 10.2 Å². The Bertz CT molecular complexity index is 1370. The number of nitrogens with zero attached hydrogens (tertiary/aromatic N) is 4. The van der Waals surface area contributed by atoms with Crippen LogP contribution in [0.25, 0.3) is 0 Å². The van der Waals surface area contributed by atoms with Crippen molar-refractivity contribution in [2.75, 3.05) is 23.3 Å². The molecule has 1 aliphatic rings. The Morgan fingerprint density at radius 3 is 2.30 bits per heavy atom. The first-order valence-corrected chi connectivity index (χ1v) is 12.4. The van der Waals surface area contributed by atoms with Crippen molar-refractivity contribution in [2.24, 2.45) is 5.14 Å². The second kappa shape index (κ2) is 9.49. The molecule has 0 aliphatic carbocycles. The molecular weight excluding hydrogens is 523 g/mol. The first-order chi connectivity index (χ1) is 16.8. The van der Waals surface area contributed by atoms with Gasteiger partial charge >= 0.3 is 6.18 Å². The molecule has 3 N–H and O–H groups in total. The summed E-state index contributed by atoms with van der Waals surface area (Å²) in [5.41, 5.74) is -4.45. The van der Waals surface area contributed by atoms with E-state index in [4.69, 9.17) is 5.14 Å². The van der Waals surface area contributed by atoms with Gasteiger partial charge in [-0.1, -0.05) is 20.8 Å². The molecule has 9 nitrogen and oxygen atoms in total. The summed E-state index contributed by atoms with van der Waals surface area (Å²) >= 11 is 0. The summed E-state index contributed by atoms with van der Waals surface area (Å²) in [5.74, 6) is -4.57. The molecule has 37 heavy (non-hydrogen) atoms. The molecule has 2 aromatic rings. The molecule has 1 saturated heterocycles. The molecule has 1 amide bonds. The van der Waals surface area contributed by atoms with E-state index in [1.54, 1.807) is 0 Å². The number of hydrogen-bond acceptors (Lipinski definition) is 7. The summed E-state index contributed by atoms with van der Waals surface area (Å²) in [6, 6.07) is 3.66. The number of piperidine rings is 1. The standard InChI is InChI=1S/C22H23F5N6O3S/c1-20(2,3)16-13(11-28)17(22(25,26)27)32-18(33-8-5-21(23,24)6-9-33)15(16)19(34)31-12-4-7-30-14(10-12)37(29,35)36/h4,7,10H,5-6,8-9H2,1-3H3,(H2,29,35,36)(H,30,31,34). The number of primary sulfonamides is 1. The number of pyridine rings is 2. The van der Waals surface area contributed by atoms with Crippen LogP contribution in [0.2, 0.25) is 0 Å². The summed E-state index contributed by atoms with van der Waals surface area (Å²) in [6.45, 7) is 3.68. The maximum Gasteiger partial charge on any atom is 0.434 e. The fraction of sp³-hybridized carbons (Fsp3) is 0.455. The summed E-state index contributed by atoms with van der Waals surface area (Å²) in [6.07, 6.45) is -5.39. The van der Waals surface area contributed by atoms with Crippen molar-refractivity contribution < 1.29 is 35.2 Å². The normalized spacial score (nSPS) is 16.3. The topological polar surface area (TPSA) is 142 Å². The number of nitriles is 1. The van der Waals surface area contributed by atoms with Crippen LogP contribution in [0, 0.1) is 11.3 Å². The fourth-order valence-electron chi connectivity index (χ4n) is 3.96. The average Bonchev–Trinajstić information content (AvgIpc) is 2.76. The number of anilines is 2. The molecule has 0 saturated carbocycles. The van der Waals surface area contributed by atoms with Crippen LogP contribution in [0.4, 0.5) is 33.5 Å². The van der Waals surface area contributed by atoms with Crippen LogP contribution in [0.15, 0.2) is 23.4 Å². The predicted molar refractivity (Wildman–Crippen MR) is 123 cm³/mol. The van der Waals surface area contributed by atoms with Gasteiger partial charge in [0.15, 0.2) is 10.7 Å². The Morgan fingerprint density at radius 1 is 1.22 bits per heavy atom. The molecule has 1 fully saturated rings. The lowest BCUT2D eigenvalue weighted by atomic mass is 9.79. The number of rotatable bonds is 4. The third-order valence-corrected chi connectivity index (χ3v) is 6.42. The Kier molecular flexibility index (Phi) is 7.23.